The van der Waals surface area contributed by atoms with Gasteiger partial charge in [0.15, 0.2) is 0 Å². The van der Waals surface area contributed by atoms with Crippen LogP contribution in [0.1, 0.15) is 105 Å². The van der Waals surface area contributed by atoms with Gasteiger partial charge in [-0.3, -0.25) is 4.79 Å². The molecular formula is C21H41NO4. The Hall–Kier alpha value is -1.26. The Morgan fingerprint density at radius 2 is 1.42 bits per heavy atom. The summed E-state index contributed by atoms with van der Waals surface area (Å²) < 4.78 is 10.3. The van der Waals surface area contributed by atoms with Crippen LogP contribution in [0.4, 0.5) is 4.79 Å². The highest BCUT2D eigenvalue weighted by atomic mass is 16.6. The highest BCUT2D eigenvalue weighted by Gasteiger charge is 2.21. The van der Waals surface area contributed by atoms with Crippen molar-refractivity contribution in [1.82, 2.24) is 5.32 Å². The number of unbranched alkanes of at least 4 members (excludes halogenated alkanes) is 8. The van der Waals surface area contributed by atoms with Crippen LogP contribution in [0.15, 0.2) is 0 Å². The number of rotatable bonds is 14. The fourth-order valence-electron chi connectivity index (χ4n) is 2.82. The van der Waals surface area contributed by atoms with E-state index in [0.29, 0.717) is 6.61 Å². The Bertz CT molecular complexity index is 377. The minimum absolute atomic E-state index is 0.199. The topological polar surface area (TPSA) is 64.6 Å². The van der Waals surface area contributed by atoms with Gasteiger partial charge in [-0.15, -0.1) is 0 Å². The molecule has 0 aliphatic rings. The van der Waals surface area contributed by atoms with E-state index in [2.05, 4.69) is 12.2 Å². The van der Waals surface area contributed by atoms with Gasteiger partial charge in [0, 0.05) is 6.04 Å². The van der Waals surface area contributed by atoms with E-state index in [0.717, 1.165) is 19.3 Å². The van der Waals surface area contributed by atoms with Crippen molar-refractivity contribution in [3.05, 3.63) is 0 Å². The lowest BCUT2D eigenvalue weighted by atomic mass is 10.0. The molecule has 1 atom stereocenters. The molecule has 0 spiro atoms. The molecule has 26 heavy (non-hydrogen) atoms. The van der Waals surface area contributed by atoms with Crippen LogP contribution < -0.4 is 5.32 Å². The molecule has 0 aromatic carbocycles. The third-order valence-corrected chi connectivity index (χ3v) is 4.10. The number of carbonyl (C=O) groups is 2. The Kier molecular flexibility index (Phi) is 14.1. The van der Waals surface area contributed by atoms with Gasteiger partial charge in [0.1, 0.15) is 5.60 Å². The van der Waals surface area contributed by atoms with E-state index < -0.39 is 11.7 Å². The van der Waals surface area contributed by atoms with Gasteiger partial charge in [0.05, 0.1) is 13.0 Å². The van der Waals surface area contributed by atoms with Gasteiger partial charge in [-0.25, -0.2) is 4.79 Å². The molecule has 0 saturated heterocycles. The van der Waals surface area contributed by atoms with Crippen molar-refractivity contribution in [2.75, 3.05) is 6.61 Å². The zero-order chi connectivity index (χ0) is 19.8. The maximum Gasteiger partial charge on any atom is 0.407 e. The fraction of sp³-hybridized carbons (Fsp3) is 0.905. The standard InChI is InChI=1S/C21H41NO4/c1-6-8-9-10-11-12-13-14-15-16-18(17-19(23)25-7-2)22-20(24)26-21(3,4)5/h18H,6-17H2,1-5H3,(H,22,24)/t18-/m1/s1. The normalized spacial score (nSPS) is 12.5. The molecule has 0 heterocycles. The number of carbonyl (C=O) groups excluding carboxylic acids is 2. The molecule has 1 amide bonds. The molecule has 0 aromatic heterocycles. The highest BCUT2D eigenvalue weighted by Crippen LogP contribution is 2.14. The van der Waals surface area contributed by atoms with Gasteiger partial charge in [0.25, 0.3) is 0 Å². The van der Waals surface area contributed by atoms with Crippen LogP contribution in [0.25, 0.3) is 0 Å². The number of hydrogen-bond donors (Lipinski definition) is 1. The molecule has 0 radical (unpaired) electrons. The number of nitrogens with one attached hydrogen (secondary N) is 1. The molecule has 0 aliphatic carbocycles. The SMILES string of the molecule is CCCCCCCCCCC[C@H](CC(=O)OCC)NC(=O)OC(C)(C)C. The second-order valence-corrected chi connectivity index (χ2v) is 7.97. The van der Waals surface area contributed by atoms with Crippen molar-refractivity contribution in [1.29, 1.82) is 0 Å². The summed E-state index contributed by atoms with van der Waals surface area (Å²) in [4.78, 5) is 23.7. The molecule has 0 rings (SSSR count). The number of alkyl carbamates (subject to hydrolysis) is 1. The predicted octanol–water partition coefficient (Wildman–Crippen LogP) is 5.75. The summed E-state index contributed by atoms with van der Waals surface area (Å²) >= 11 is 0. The van der Waals surface area contributed by atoms with E-state index in [1.807, 2.05) is 20.8 Å². The number of ether oxygens (including phenoxy) is 2. The smallest absolute Gasteiger partial charge is 0.407 e. The van der Waals surface area contributed by atoms with Gasteiger partial charge in [-0.2, -0.15) is 0 Å². The maximum absolute atomic E-state index is 12.0. The third-order valence-electron chi connectivity index (χ3n) is 4.10. The van der Waals surface area contributed by atoms with Crippen LogP contribution in [0.3, 0.4) is 0 Å². The predicted molar refractivity (Wildman–Crippen MR) is 106 cm³/mol. The quantitative estimate of drug-likeness (QED) is 0.312. The summed E-state index contributed by atoms with van der Waals surface area (Å²) in [6, 6.07) is -0.228. The van der Waals surface area contributed by atoms with Crippen LogP contribution in [-0.4, -0.2) is 30.3 Å². The molecule has 0 saturated carbocycles. The van der Waals surface area contributed by atoms with Crippen LogP contribution in [0.2, 0.25) is 0 Å². The Balaban J connectivity index is 4.11. The largest absolute Gasteiger partial charge is 0.466 e. The molecule has 5 heteroatoms. The summed E-state index contributed by atoms with van der Waals surface area (Å²) in [6.45, 7) is 9.86. The van der Waals surface area contributed by atoms with Gasteiger partial charge in [-0.05, 0) is 34.1 Å². The molecule has 0 aromatic rings. The first-order chi connectivity index (χ1) is 12.3. The van der Waals surface area contributed by atoms with Crippen molar-refractivity contribution >= 4 is 12.1 Å². The van der Waals surface area contributed by atoms with Crippen molar-refractivity contribution in [2.45, 2.75) is 117 Å². The summed E-state index contributed by atoms with van der Waals surface area (Å²) in [5, 5.41) is 2.83. The first-order valence-electron chi connectivity index (χ1n) is 10.4. The zero-order valence-electron chi connectivity index (χ0n) is 17.7. The Labute approximate surface area is 160 Å². The van der Waals surface area contributed by atoms with Gasteiger partial charge in [0.2, 0.25) is 0 Å². The molecular weight excluding hydrogens is 330 g/mol. The van der Waals surface area contributed by atoms with Gasteiger partial charge < -0.3 is 14.8 Å². The van der Waals surface area contributed by atoms with E-state index in [1.54, 1.807) is 6.92 Å². The molecule has 0 aliphatic heterocycles. The molecule has 0 unspecified atom stereocenters. The second kappa shape index (κ2) is 14.9. The third kappa shape index (κ3) is 16.2. The summed E-state index contributed by atoms with van der Waals surface area (Å²) in [7, 11) is 0. The van der Waals surface area contributed by atoms with E-state index in [4.69, 9.17) is 9.47 Å². The molecule has 5 nitrogen and oxygen atoms in total. The Morgan fingerprint density at radius 1 is 0.885 bits per heavy atom. The monoisotopic (exact) mass is 371 g/mol. The molecule has 154 valence electrons. The first kappa shape index (κ1) is 24.7. The van der Waals surface area contributed by atoms with Gasteiger partial charge >= 0.3 is 12.1 Å². The summed E-state index contributed by atoms with van der Waals surface area (Å²) in [5.74, 6) is -0.274. The van der Waals surface area contributed by atoms with E-state index >= 15 is 0 Å². The van der Waals surface area contributed by atoms with Crippen molar-refractivity contribution < 1.29 is 19.1 Å². The van der Waals surface area contributed by atoms with Crippen LogP contribution in [0.5, 0.6) is 0 Å². The average molecular weight is 372 g/mol. The van der Waals surface area contributed by atoms with E-state index in [-0.39, 0.29) is 18.4 Å². The fourth-order valence-corrected chi connectivity index (χ4v) is 2.82. The molecule has 0 fully saturated rings. The lowest BCUT2D eigenvalue weighted by Gasteiger charge is -2.23. The van der Waals surface area contributed by atoms with Crippen molar-refractivity contribution in [3.63, 3.8) is 0 Å². The summed E-state index contributed by atoms with van der Waals surface area (Å²) in [6.07, 6.45) is 11.7. The van der Waals surface area contributed by atoms with E-state index in [9.17, 15) is 9.59 Å². The minimum atomic E-state index is -0.545. The number of esters is 1. The first-order valence-corrected chi connectivity index (χ1v) is 10.4. The van der Waals surface area contributed by atoms with Gasteiger partial charge in [-0.1, -0.05) is 64.7 Å². The zero-order valence-corrected chi connectivity index (χ0v) is 17.7. The van der Waals surface area contributed by atoms with Crippen molar-refractivity contribution in [3.8, 4) is 0 Å². The highest BCUT2D eigenvalue weighted by molar-refractivity contribution is 5.72. The molecule has 1 N–H and O–H groups in total. The minimum Gasteiger partial charge on any atom is -0.466 e. The van der Waals surface area contributed by atoms with Crippen LogP contribution >= 0.6 is 0 Å². The average Bonchev–Trinajstić information content (AvgIpc) is 2.51. The summed E-state index contributed by atoms with van der Waals surface area (Å²) in [5.41, 5.74) is -0.545. The number of amides is 1. The number of hydrogen-bond acceptors (Lipinski definition) is 4. The lowest BCUT2D eigenvalue weighted by molar-refractivity contribution is -0.143. The van der Waals surface area contributed by atoms with Crippen LogP contribution in [-0.2, 0) is 14.3 Å². The van der Waals surface area contributed by atoms with Crippen molar-refractivity contribution in [2.24, 2.45) is 0 Å². The maximum atomic E-state index is 12.0. The second-order valence-electron chi connectivity index (χ2n) is 7.97. The lowest BCUT2D eigenvalue weighted by Crippen LogP contribution is -2.40. The molecule has 0 bridgehead atoms. The van der Waals surface area contributed by atoms with Crippen LogP contribution in [0, 0.1) is 0 Å². The van der Waals surface area contributed by atoms with E-state index in [1.165, 1.54) is 44.9 Å². The Morgan fingerprint density at radius 3 is 1.92 bits per heavy atom.